The van der Waals surface area contributed by atoms with Crippen LogP contribution < -0.4 is 9.64 Å². The lowest BCUT2D eigenvalue weighted by atomic mass is 10.1. The summed E-state index contributed by atoms with van der Waals surface area (Å²) >= 11 is 0. The Morgan fingerprint density at radius 3 is 2.62 bits per heavy atom. The monoisotopic (exact) mass is 354 g/mol. The molecule has 1 aromatic rings. The number of carbonyl (C=O) groups is 1. The molecular weight excluding hydrogens is 328 g/mol. The minimum atomic E-state index is -3.58. The van der Waals surface area contributed by atoms with E-state index in [1.165, 1.54) is 23.4 Å². The fourth-order valence-corrected chi connectivity index (χ4v) is 3.94. The van der Waals surface area contributed by atoms with Gasteiger partial charge in [-0.3, -0.25) is 4.79 Å². The smallest absolute Gasteiger partial charge is 0.242 e. The first kappa shape index (κ1) is 18.7. The molecule has 2 rings (SSSR count). The number of fused-ring (bicyclic) bond motifs is 1. The first-order valence-electron chi connectivity index (χ1n) is 8.16. The van der Waals surface area contributed by atoms with Crippen LogP contribution in [0.3, 0.4) is 0 Å². The second-order valence-corrected chi connectivity index (χ2v) is 8.82. The van der Waals surface area contributed by atoms with Gasteiger partial charge in [0.25, 0.3) is 0 Å². The number of anilines is 1. The highest BCUT2D eigenvalue weighted by Gasteiger charge is 2.35. The maximum atomic E-state index is 12.7. The van der Waals surface area contributed by atoms with Crippen molar-refractivity contribution in [1.82, 2.24) is 4.31 Å². The standard InChI is InChI=1S/C17H26N2O4S/c1-6-7-10-18(5)24(21,22)14-8-9-16-15(11-14)19(13(2)20)12-17(3,4)23-16/h8-9,11H,6-7,10,12H2,1-5H3. The maximum Gasteiger partial charge on any atom is 0.242 e. The van der Waals surface area contributed by atoms with Crippen molar-refractivity contribution in [2.75, 3.05) is 25.0 Å². The molecule has 0 unspecified atom stereocenters. The molecule has 0 saturated carbocycles. The van der Waals surface area contributed by atoms with Crippen LogP contribution in [-0.2, 0) is 14.8 Å². The Labute approximate surface area is 144 Å². The van der Waals surface area contributed by atoms with Crippen LogP contribution in [0.25, 0.3) is 0 Å². The molecule has 7 heteroatoms. The van der Waals surface area contributed by atoms with Crippen molar-refractivity contribution < 1.29 is 17.9 Å². The van der Waals surface area contributed by atoms with Crippen molar-refractivity contribution in [3.8, 4) is 5.75 Å². The summed E-state index contributed by atoms with van der Waals surface area (Å²) in [5.74, 6) is 0.387. The summed E-state index contributed by atoms with van der Waals surface area (Å²) in [7, 11) is -2.01. The first-order chi connectivity index (χ1) is 11.1. The second kappa shape index (κ2) is 6.72. The van der Waals surface area contributed by atoms with Gasteiger partial charge in [-0.25, -0.2) is 12.7 Å². The molecule has 0 saturated heterocycles. The Morgan fingerprint density at radius 1 is 1.38 bits per heavy atom. The number of benzene rings is 1. The number of carbonyl (C=O) groups excluding carboxylic acids is 1. The van der Waals surface area contributed by atoms with Crippen LogP contribution in [0.2, 0.25) is 0 Å². The molecule has 1 aliphatic rings. The van der Waals surface area contributed by atoms with Crippen LogP contribution in [-0.4, -0.2) is 44.4 Å². The zero-order valence-electron chi connectivity index (χ0n) is 15.0. The maximum absolute atomic E-state index is 12.7. The summed E-state index contributed by atoms with van der Waals surface area (Å²) in [6, 6.07) is 4.70. The number of hydrogen-bond donors (Lipinski definition) is 0. The van der Waals surface area contributed by atoms with Gasteiger partial charge in [0.15, 0.2) is 0 Å². The predicted molar refractivity (Wildman–Crippen MR) is 93.9 cm³/mol. The van der Waals surface area contributed by atoms with E-state index in [-0.39, 0.29) is 10.8 Å². The summed E-state index contributed by atoms with van der Waals surface area (Å²) in [5.41, 5.74) is -0.0106. The van der Waals surface area contributed by atoms with Crippen molar-refractivity contribution in [3.05, 3.63) is 18.2 Å². The van der Waals surface area contributed by atoms with Crippen molar-refractivity contribution >= 4 is 21.6 Å². The number of hydrogen-bond acceptors (Lipinski definition) is 4. The van der Waals surface area contributed by atoms with Crippen LogP contribution >= 0.6 is 0 Å². The Morgan fingerprint density at radius 2 is 2.04 bits per heavy atom. The quantitative estimate of drug-likeness (QED) is 0.815. The highest BCUT2D eigenvalue weighted by Crippen LogP contribution is 2.38. The molecule has 0 N–H and O–H groups in total. The van der Waals surface area contributed by atoms with Crippen molar-refractivity contribution in [1.29, 1.82) is 0 Å². The largest absolute Gasteiger partial charge is 0.484 e. The zero-order valence-corrected chi connectivity index (χ0v) is 15.8. The SMILES string of the molecule is CCCCN(C)S(=O)(=O)c1ccc2c(c1)N(C(C)=O)CC(C)(C)O2. The van der Waals surface area contributed by atoms with Gasteiger partial charge in [-0.05, 0) is 38.5 Å². The molecule has 0 fully saturated rings. The van der Waals surface area contributed by atoms with Gasteiger partial charge in [-0.15, -0.1) is 0 Å². The molecule has 0 atom stereocenters. The Hall–Kier alpha value is -1.60. The lowest BCUT2D eigenvalue weighted by Crippen LogP contribution is -2.48. The fourth-order valence-electron chi connectivity index (χ4n) is 2.71. The minimum absolute atomic E-state index is 0.137. The van der Waals surface area contributed by atoms with Gasteiger partial charge in [0.05, 0.1) is 17.1 Å². The van der Waals surface area contributed by atoms with Gasteiger partial charge in [-0.2, -0.15) is 0 Å². The molecule has 1 aliphatic heterocycles. The molecule has 1 aromatic carbocycles. The van der Waals surface area contributed by atoms with Crippen LogP contribution in [0.4, 0.5) is 5.69 Å². The summed E-state index contributed by atoms with van der Waals surface area (Å²) in [4.78, 5) is 13.7. The molecule has 24 heavy (non-hydrogen) atoms. The molecule has 0 aromatic heterocycles. The van der Waals surface area contributed by atoms with E-state index in [9.17, 15) is 13.2 Å². The summed E-state index contributed by atoms with van der Waals surface area (Å²) in [5, 5.41) is 0. The van der Waals surface area contributed by atoms with E-state index in [1.54, 1.807) is 18.0 Å². The molecule has 0 aliphatic carbocycles. The van der Waals surface area contributed by atoms with Gasteiger partial charge < -0.3 is 9.64 Å². The Bertz CT molecular complexity index is 728. The van der Waals surface area contributed by atoms with E-state index >= 15 is 0 Å². The van der Waals surface area contributed by atoms with Crippen LogP contribution in [0.5, 0.6) is 5.75 Å². The van der Waals surface area contributed by atoms with Gasteiger partial charge in [0.2, 0.25) is 15.9 Å². The molecular formula is C17H26N2O4S. The van der Waals surface area contributed by atoms with Gasteiger partial charge in [0.1, 0.15) is 11.4 Å². The van der Waals surface area contributed by atoms with Crippen LogP contribution in [0.15, 0.2) is 23.1 Å². The lowest BCUT2D eigenvalue weighted by Gasteiger charge is -2.39. The fraction of sp³-hybridized carbons (Fsp3) is 0.588. The third kappa shape index (κ3) is 3.72. The third-order valence-electron chi connectivity index (χ3n) is 4.06. The molecule has 1 heterocycles. The lowest BCUT2D eigenvalue weighted by molar-refractivity contribution is -0.117. The van der Waals surface area contributed by atoms with Gasteiger partial charge in [-0.1, -0.05) is 13.3 Å². The van der Waals surface area contributed by atoms with Crippen LogP contribution in [0.1, 0.15) is 40.5 Å². The molecule has 0 bridgehead atoms. The molecule has 6 nitrogen and oxygen atoms in total. The highest BCUT2D eigenvalue weighted by molar-refractivity contribution is 7.89. The minimum Gasteiger partial charge on any atom is -0.484 e. The molecule has 0 radical (unpaired) electrons. The predicted octanol–water partition coefficient (Wildman–Crippen LogP) is 2.63. The van der Waals surface area contributed by atoms with E-state index in [2.05, 4.69) is 0 Å². The van der Waals surface area contributed by atoms with Crippen LogP contribution in [0, 0.1) is 0 Å². The Balaban J connectivity index is 2.44. The first-order valence-corrected chi connectivity index (χ1v) is 9.60. The highest BCUT2D eigenvalue weighted by atomic mass is 32.2. The molecule has 1 amide bonds. The number of amides is 1. The van der Waals surface area contributed by atoms with E-state index < -0.39 is 15.6 Å². The number of rotatable bonds is 5. The summed E-state index contributed by atoms with van der Waals surface area (Å²) in [6.45, 7) is 8.13. The number of ether oxygens (including phenoxy) is 1. The molecule has 0 spiro atoms. The Kier molecular flexibility index (Phi) is 5.25. The van der Waals surface area contributed by atoms with E-state index in [1.807, 2.05) is 20.8 Å². The van der Waals surface area contributed by atoms with Crippen molar-refractivity contribution in [3.63, 3.8) is 0 Å². The number of nitrogens with zero attached hydrogens (tertiary/aromatic N) is 2. The molecule has 134 valence electrons. The zero-order chi connectivity index (χ0) is 18.1. The van der Waals surface area contributed by atoms with E-state index in [4.69, 9.17) is 4.74 Å². The topological polar surface area (TPSA) is 66.9 Å². The number of unbranched alkanes of at least 4 members (excludes halogenated alkanes) is 1. The van der Waals surface area contributed by atoms with Gasteiger partial charge in [0, 0.05) is 20.5 Å². The van der Waals surface area contributed by atoms with Crippen molar-refractivity contribution in [2.24, 2.45) is 0 Å². The third-order valence-corrected chi connectivity index (χ3v) is 5.91. The van der Waals surface area contributed by atoms with Gasteiger partial charge >= 0.3 is 0 Å². The second-order valence-electron chi connectivity index (χ2n) is 6.78. The number of sulfonamides is 1. The van der Waals surface area contributed by atoms with E-state index in [0.29, 0.717) is 24.5 Å². The summed E-state index contributed by atoms with van der Waals surface area (Å²) in [6.07, 6.45) is 1.72. The average Bonchev–Trinajstić information content (AvgIpc) is 2.50. The van der Waals surface area contributed by atoms with E-state index in [0.717, 1.165) is 12.8 Å². The van der Waals surface area contributed by atoms with Crippen molar-refractivity contribution in [2.45, 2.75) is 51.0 Å². The normalized spacial score (nSPS) is 16.7. The average molecular weight is 354 g/mol. The summed E-state index contributed by atoms with van der Waals surface area (Å²) < 4.78 is 32.7.